The van der Waals surface area contributed by atoms with Gasteiger partial charge in [0, 0.05) is 11.1 Å². The molecular weight excluding hydrogens is 400 g/mol. The molecule has 0 spiro atoms. The summed E-state index contributed by atoms with van der Waals surface area (Å²) in [6.07, 6.45) is 0. The zero-order chi connectivity index (χ0) is 18.8. The zero-order valence-electron chi connectivity index (χ0n) is 14.9. The lowest BCUT2D eigenvalue weighted by molar-refractivity contribution is 0.712. The molecule has 0 aliphatic carbocycles. The Bertz CT molecular complexity index is 1100. The molecule has 1 heterocycles. The number of benzene rings is 3. The minimum Gasteiger partial charge on any atom is -0.278 e. The Morgan fingerprint density at radius 1 is 0.704 bits per heavy atom. The van der Waals surface area contributed by atoms with Gasteiger partial charge < -0.3 is 0 Å². The van der Waals surface area contributed by atoms with Gasteiger partial charge in [0.25, 0.3) is 0 Å². The Hall–Kier alpha value is -2.85. The van der Waals surface area contributed by atoms with Gasteiger partial charge in [0.05, 0.1) is 22.0 Å². The number of nitrogens with zero attached hydrogens (tertiary/aromatic N) is 2. The molecule has 0 saturated heterocycles. The van der Waals surface area contributed by atoms with E-state index in [0.717, 1.165) is 28.2 Å². The highest BCUT2D eigenvalue weighted by Gasteiger charge is 2.25. The number of para-hydroxylation sites is 1. The molecule has 1 aromatic heterocycles. The van der Waals surface area contributed by atoms with Crippen molar-refractivity contribution in [2.75, 3.05) is 0 Å². The summed E-state index contributed by atoms with van der Waals surface area (Å²) < 4.78 is 3.61. The number of hydrogen-bond donors (Lipinski definition) is 0. The summed E-state index contributed by atoms with van der Waals surface area (Å²) in [5.74, 6) is 0. The van der Waals surface area contributed by atoms with Gasteiger partial charge in [-0.15, -0.1) is 0 Å². The second-order valence-corrected chi connectivity index (χ2v) is 7.65. The molecule has 0 aliphatic rings. The minimum absolute atomic E-state index is 0.0664. The van der Waals surface area contributed by atoms with E-state index in [4.69, 9.17) is 0 Å². The van der Waals surface area contributed by atoms with Crippen LogP contribution in [0, 0.1) is 0 Å². The van der Waals surface area contributed by atoms with Crippen LogP contribution in [0.25, 0.3) is 28.2 Å². The molecule has 4 heteroatoms. The monoisotopic (exact) mass is 418 g/mol. The number of alkyl halides is 1. The van der Waals surface area contributed by atoms with Crippen molar-refractivity contribution >= 4 is 15.9 Å². The molecule has 27 heavy (non-hydrogen) atoms. The van der Waals surface area contributed by atoms with E-state index in [9.17, 15) is 4.79 Å². The fourth-order valence-corrected chi connectivity index (χ4v) is 3.78. The number of imidazole rings is 1. The lowest BCUT2D eigenvalue weighted by Gasteiger charge is -2.12. The fourth-order valence-electron chi connectivity index (χ4n) is 3.40. The second-order valence-electron chi connectivity index (χ2n) is 6.33. The maximum absolute atomic E-state index is 13.5. The first-order chi connectivity index (χ1) is 13.2. The van der Waals surface area contributed by atoms with Crippen molar-refractivity contribution in [2.24, 2.45) is 0 Å². The average Bonchev–Trinajstić information content (AvgIpc) is 3.03. The fraction of sp³-hybridized carbons (Fsp3) is 0.0870. The molecule has 0 radical (unpaired) electrons. The van der Waals surface area contributed by atoms with Crippen LogP contribution in [-0.4, -0.2) is 9.13 Å². The van der Waals surface area contributed by atoms with Crippen LogP contribution in [0.4, 0.5) is 0 Å². The van der Waals surface area contributed by atoms with Crippen LogP contribution in [0.15, 0.2) is 95.8 Å². The molecular formula is C23H19BrN2O. The van der Waals surface area contributed by atoms with Crippen LogP contribution in [0.5, 0.6) is 0 Å². The smallest absolute Gasteiger partial charge is 0.278 e. The Morgan fingerprint density at radius 2 is 1.15 bits per heavy atom. The van der Waals surface area contributed by atoms with Gasteiger partial charge in [0.1, 0.15) is 0 Å². The molecule has 1 atom stereocenters. The van der Waals surface area contributed by atoms with Crippen LogP contribution in [0.2, 0.25) is 0 Å². The molecule has 0 bridgehead atoms. The first kappa shape index (κ1) is 17.6. The Balaban J connectivity index is 2.16. The van der Waals surface area contributed by atoms with Crippen LogP contribution in [0.1, 0.15) is 11.9 Å². The van der Waals surface area contributed by atoms with Crippen LogP contribution in [0.3, 0.4) is 0 Å². The molecule has 0 amide bonds. The lowest BCUT2D eigenvalue weighted by atomic mass is 10.0. The maximum atomic E-state index is 13.5. The third-order valence-corrected chi connectivity index (χ3v) is 4.96. The van der Waals surface area contributed by atoms with E-state index in [-0.39, 0.29) is 10.6 Å². The van der Waals surface area contributed by atoms with Gasteiger partial charge in [-0.1, -0.05) is 94.8 Å². The normalized spacial score (nSPS) is 12.1. The van der Waals surface area contributed by atoms with Crippen LogP contribution in [-0.2, 0) is 0 Å². The van der Waals surface area contributed by atoms with E-state index < -0.39 is 0 Å². The molecule has 0 N–H and O–H groups in total. The minimum atomic E-state index is -0.146. The SMILES string of the molecule is CC(Br)n1c(-c2ccccc2)c(-c2ccccc2)n(-c2ccccc2)c1=O. The maximum Gasteiger partial charge on any atom is 0.334 e. The predicted octanol–water partition coefficient (Wildman–Crippen LogP) is 5.89. The first-order valence-electron chi connectivity index (χ1n) is 8.86. The van der Waals surface area contributed by atoms with Gasteiger partial charge in [0.2, 0.25) is 0 Å². The summed E-state index contributed by atoms with van der Waals surface area (Å²) in [5, 5.41) is 0. The number of aromatic nitrogens is 2. The van der Waals surface area contributed by atoms with E-state index >= 15 is 0 Å². The van der Waals surface area contributed by atoms with Gasteiger partial charge in [0.15, 0.2) is 0 Å². The van der Waals surface area contributed by atoms with Crippen molar-refractivity contribution in [1.82, 2.24) is 9.13 Å². The van der Waals surface area contributed by atoms with Gasteiger partial charge in [-0.2, -0.15) is 0 Å². The Kier molecular flexibility index (Phi) is 4.82. The Morgan fingerprint density at radius 3 is 1.63 bits per heavy atom. The topological polar surface area (TPSA) is 26.9 Å². The Labute approximate surface area is 166 Å². The second kappa shape index (κ2) is 7.41. The van der Waals surface area contributed by atoms with E-state index in [1.807, 2.05) is 102 Å². The number of halogens is 1. The van der Waals surface area contributed by atoms with Gasteiger partial charge in [-0.25, -0.2) is 4.79 Å². The van der Waals surface area contributed by atoms with E-state index in [0.29, 0.717) is 0 Å². The predicted molar refractivity (Wildman–Crippen MR) is 115 cm³/mol. The molecule has 0 saturated carbocycles. The van der Waals surface area contributed by atoms with Gasteiger partial charge in [-0.3, -0.25) is 9.13 Å². The van der Waals surface area contributed by atoms with Gasteiger partial charge >= 0.3 is 5.69 Å². The summed E-state index contributed by atoms with van der Waals surface area (Å²) in [6, 6.07) is 29.9. The van der Waals surface area contributed by atoms with Gasteiger partial charge in [-0.05, 0) is 19.1 Å². The number of hydrogen-bond acceptors (Lipinski definition) is 1. The summed E-state index contributed by atoms with van der Waals surface area (Å²) >= 11 is 3.62. The average molecular weight is 419 g/mol. The first-order valence-corrected chi connectivity index (χ1v) is 9.77. The molecule has 0 fully saturated rings. The van der Waals surface area contributed by atoms with Crippen LogP contribution < -0.4 is 5.69 Å². The molecule has 4 aromatic rings. The number of rotatable bonds is 4. The van der Waals surface area contributed by atoms with E-state index in [1.54, 1.807) is 4.57 Å². The van der Waals surface area contributed by atoms with Crippen molar-refractivity contribution < 1.29 is 0 Å². The van der Waals surface area contributed by atoms with E-state index in [2.05, 4.69) is 15.9 Å². The van der Waals surface area contributed by atoms with Crippen LogP contribution >= 0.6 is 15.9 Å². The molecule has 3 nitrogen and oxygen atoms in total. The summed E-state index contributed by atoms with van der Waals surface area (Å²) in [7, 11) is 0. The molecule has 4 rings (SSSR count). The highest BCUT2D eigenvalue weighted by atomic mass is 79.9. The van der Waals surface area contributed by atoms with Crippen molar-refractivity contribution in [3.8, 4) is 28.2 Å². The van der Waals surface area contributed by atoms with Crippen molar-refractivity contribution in [2.45, 2.75) is 11.9 Å². The van der Waals surface area contributed by atoms with Crippen molar-refractivity contribution in [3.05, 3.63) is 101 Å². The highest BCUT2D eigenvalue weighted by molar-refractivity contribution is 9.09. The van der Waals surface area contributed by atoms with Crippen molar-refractivity contribution in [1.29, 1.82) is 0 Å². The molecule has 1 unspecified atom stereocenters. The molecule has 3 aromatic carbocycles. The van der Waals surface area contributed by atoms with Crippen molar-refractivity contribution in [3.63, 3.8) is 0 Å². The summed E-state index contributed by atoms with van der Waals surface area (Å²) in [5.41, 5.74) is 4.59. The molecule has 0 aliphatic heterocycles. The summed E-state index contributed by atoms with van der Waals surface area (Å²) in [4.78, 5) is 13.3. The quantitative estimate of drug-likeness (QED) is 0.379. The molecule has 134 valence electrons. The largest absolute Gasteiger partial charge is 0.334 e. The standard InChI is InChI=1S/C23H19BrN2O/c1-17(24)25-21(18-11-5-2-6-12-18)22(19-13-7-3-8-14-19)26(23(25)27)20-15-9-4-10-16-20/h2-17H,1H3. The lowest BCUT2D eigenvalue weighted by Crippen LogP contribution is -2.24. The zero-order valence-corrected chi connectivity index (χ0v) is 16.5. The third-order valence-electron chi connectivity index (χ3n) is 4.55. The summed E-state index contributed by atoms with van der Waals surface area (Å²) in [6.45, 7) is 1.97. The third kappa shape index (κ3) is 3.17. The highest BCUT2D eigenvalue weighted by Crippen LogP contribution is 2.35. The van der Waals surface area contributed by atoms with E-state index in [1.165, 1.54) is 0 Å².